The van der Waals surface area contributed by atoms with Gasteiger partial charge in [-0.1, -0.05) is 71.9 Å². The topological polar surface area (TPSA) is 88.3 Å². The Hall–Kier alpha value is -4.97. The molecule has 0 spiro atoms. The molecule has 1 aliphatic carbocycles. The van der Waals surface area contributed by atoms with Gasteiger partial charge in [0.1, 0.15) is 11.4 Å². The predicted octanol–water partition coefficient (Wildman–Crippen LogP) is 10.7. The summed E-state index contributed by atoms with van der Waals surface area (Å²) >= 11 is 0. The van der Waals surface area contributed by atoms with E-state index in [1.807, 2.05) is 43.3 Å². The number of hydrogen-bond donors (Lipinski definition) is 2. The Bertz CT molecular complexity index is 1880. The van der Waals surface area contributed by atoms with Crippen molar-refractivity contribution in [2.75, 3.05) is 25.1 Å². The van der Waals surface area contributed by atoms with E-state index < -0.39 is 6.09 Å². The molecule has 2 aromatic heterocycles. The van der Waals surface area contributed by atoms with Gasteiger partial charge in [0.2, 0.25) is 5.88 Å². The van der Waals surface area contributed by atoms with Gasteiger partial charge in [0.25, 0.3) is 5.69 Å². The van der Waals surface area contributed by atoms with Gasteiger partial charge in [-0.25, -0.2) is 19.1 Å². The second-order valence-corrected chi connectivity index (χ2v) is 16.0. The second kappa shape index (κ2) is 16.6. The molecular formula is C43H56N6O3. The lowest BCUT2D eigenvalue weighted by atomic mass is 9.57. The number of fused-ring (bicyclic) bond motifs is 1. The van der Waals surface area contributed by atoms with Crippen LogP contribution >= 0.6 is 0 Å². The Balaban J connectivity index is 1.60. The number of anilines is 1. The predicted molar refractivity (Wildman–Crippen MR) is 211 cm³/mol. The summed E-state index contributed by atoms with van der Waals surface area (Å²) in [4.78, 5) is 24.3. The summed E-state index contributed by atoms with van der Waals surface area (Å²) in [6.07, 6.45) is 6.83. The first-order valence-electron chi connectivity index (χ1n) is 18.6. The van der Waals surface area contributed by atoms with E-state index in [0.29, 0.717) is 59.9 Å². The monoisotopic (exact) mass is 704 g/mol. The minimum absolute atomic E-state index is 0.0861. The summed E-state index contributed by atoms with van der Waals surface area (Å²) in [5.41, 5.74) is 4.63. The van der Waals surface area contributed by atoms with Crippen molar-refractivity contribution in [3.63, 3.8) is 0 Å². The zero-order valence-electron chi connectivity index (χ0n) is 32.0. The van der Waals surface area contributed by atoms with Gasteiger partial charge in [-0.2, -0.15) is 0 Å². The zero-order valence-corrected chi connectivity index (χ0v) is 32.0. The zero-order chi connectivity index (χ0) is 37.6. The third kappa shape index (κ3) is 8.90. The number of amides is 1. The molecule has 276 valence electrons. The second-order valence-electron chi connectivity index (χ2n) is 16.0. The van der Waals surface area contributed by atoms with Gasteiger partial charge in [-0.15, -0.1) is 13.2 Å². The number of nitrogens with zero attached hydrogens (tertiary/aromatic N) is 4. The number of carbonyl (C=O) groups excluding carboxylic acids is 1. The van der Waals surface area contributed by atoms with Gasteiger partial charge >= 0.3 is 6.09 Å². The molecule has 0 radical (unpaired) electrons. The van der Waals surface area contributed by atoms with E-state index in [0.717, 1.165) is 41.0 Å². The number of aromatic amines is 1. The number of rotatable bonds is 14. The molecule has 52 heavy (non-hydrogen) atoms. The molecule has 2 N–H and O–H groups in total. The number of benzene rings is 2. The summed E-state index contributed by atoms with van der Waals surface area (Å²) in [6.45, 7) is 33.0. The number of aryl methyl sites for hydroxylation is 1. The fourth-order valence-corrected chi connectivity index (χ4v) is 8.12. The maximum atomic E-state index is 13.6. The van der Waals surface area contributed by atoms with Crippen LogP contribution in [0.25, 0.3) is 21.9 Å². The molecule has 0 aliphatic heterocycles. The Morgan fingerprint density at radius 1 is 1.15 bits per heavy atom. The Kier molecular flexibility index (Phi) is 12.2. The third-order valence-corrected chi connectivity index (χ3v) is 10.3. The van der Waals surface area contributed by atoms with Crippen LogP contribution in [0.3, 0.4) is 0 Å². The molecular weight excluding hydrogens is 649 g/mol. The van der Waals surface area contributed by atoms with Crippen molar-refractivity contribution in [1.29, 1.82) is 0 Å². The van der Waals surface area contributed by atoms with Gasteiger partial charge < -0.3 is 19.7 Å². The molecule has 9 nitrogen and oxygen atoms in total. The van der Waals surface area contributed by atoms with E-state index in [1.165, 1.54) is 11.3 Å². The lowest BCUT2D eigenvalue weighted by Gasteiger charge is -2.48. The summed E-state index contributed by atoms with van der Waals surface area (Å²) < 4.78 is 13.7. The molecule has 9 heteroatoms. The van der Waals surface area contributed by atoms with Crippen LogP contribution in [0.1, 0.15) is 71.9 Å². The first-order valence-corrected chi connectivity index (χ1v) is 18.6. The standard InChI is InChI=1S/C43H56N6O3/c1-11-18-48(19-12-2)42(50)52-41-38(44-10)36(26-35-31(20-28(3)4)21-30(6)24-37(35)43(7,8)9)40-46-39(47-49(40)41)32-22-29(5)23-33(25-32)45-27-51-34-16-14-13-15-17-34/h11-17,22-23,25,28,30-31,35,37,45H,1-2,18-21,24,26-27H2,3-9H3,(H,46,47). The summed E-state index contributed by atoms with van der Waals surface area (Å²) in [6, 6.07) is 15.8. The molecule has 1 fully saturated rings. The van der Waals surface area contributed by atoms with Crippen LogP contribution in [0.4, 0.5) is 16.2 Å². The summed E-state index contributed by atoms with van der Waals surface area (Å²) in [5, 5.41) is 6.79. The van der Waals surface area contributed by atoms with Gasteiger partial charge in [-0.3, -0.25) is 5.10 Å². The molecule has 2 aromatic carbocycles. The highest BCUT2D eigenvalue weighted by molar-refractivity contribution is 5.80. The van der Waals surface area contributed by atoms with Crippen LogP contribution in [0.15, 0.2) is 73.8 Å². The van der Waals surface area contributed by atoms with E-state index in [2.05, 4.69) is 82.1 Å². The third-order valence-electron chi connectivity index (χ3n) is 10.3. The Morgan fingerprint density at radius 3 is 2.50 bits per heavy atom. The number of carbonyl (C=O) groups is 1. The average Bonchev–Trinajstić information content (AvgIpc) is 3.63. The number of nitrogens with one attached hydrogen (secondary N) is 2. The molecule has 5 rings (SSSR count). The van der Waals surface area contributed by atoms with E-state index in [-0.39, 0.29) is 24.4 Å². The molecule has 0 bridgehead atoms. The van der Waals surface area contributed by atoms with Gasteiger partial charge in [0, 0.05) is 29.9 Å². The molecule has 4 aromatic rings. The highest BCUT2D eigenvalue weighted by Crippen LogP contribution is 2.51. The minimum Gasteiger partial charge on any atom is -0.473 e. The molecule has 4 atom stereocenters. The van der Waals surface area contributed by atoms with Crippen molar-refractivity contribution in [1.82, 2.24) is 19.5 Å². The molecule has 1 amide bonds. The normalized spacial score (nSPS) is 18.9. The average molecular weight is 705 g/mol. The Labute approximate surface area is 309 Å². The van der Waals surface area contributed by atoms with Gasteiger partial charge in [0.05, 0.1) is 6.57 Å². The first-order chi connectivity index (χ1) is 24.8. The fraction of sp³-hybridized carbons (Fsp3) is 0.465. The van der Waals surface area contributed by atoms with Crippen LogP contribution in [0, 0.1) is 48.5 Å². The van der Waals surface area contributed by atoms with E-state index in [9.17, 15) is 4.79 Å². The van der Waals surface area contributed by atoms with E-state index in [4.69, 9.17) is 21.0 Å². The lowest BCUT2D eigenvalue weighted by Crippen LogP contribution is -2.40. The molecule has 1 aliphatic rings. The quantitative estimate of drug-likeness (QED) is 0.0775. The van der Waals surface area contributed by atoms with Crippen LogP contribution < -0.4 is 14.8 Å². The van der Waals surface area contributed by atoms with E-state index in [1.54, 1.807) is 16.7 Å². The highest BCUT2D eigenvalue weighted by Gasteiger charge is 2.43. The largest absolute Gasteiger partial charge is 0.473 e. The fourth-order valence-electron chi connectivity index (χ4n) is 8.12. The number of para-hydroxylation sites is 1. The van der Waals surface area contributed by atoms with Crippen molar-refractivity contribution in [2.45, 2.75) is 74.1 Å². The van der Waals surface area contributed by atoms with Crippen molar-refractivity contribution >= 4 is 23.1 Å². The number of aromatic nitrogens is 3. The maximum Gasteiger partial charge on any atom is 0.416 e. The summed E-state index contributed by atoms with van der Waals surface area (Å²) in [5.74, 6) is 4.04. The molecule has 4 unspecified atom stereocenters. The number of H-pyrrole nitrogens is 1. The van der Waals surface area contributed by atoms with Crippen molar-refractivity contribution < 1.29 is 14.3 Å². The van der Waals surface area contributed by atoms with E-state index >= 15 is 0 Å². The lowest BCUT2D eigenvalue weighted by molar-refractivity contribution is 0.0259. The van der Waals surface area contributed by atoms with Crippen LogP contribution in [0.2, 0.25) is 0 Å². The first kappa shape index (κ1) is 38.3. The summed E-state index contributed by atoms with van der Waals surface area (Å²) in [7, 11) is 0. The van der Waals surface area contributed by atoms with Crippen molar-refractivity contribution in [3.05, 3.63) is 96.4 Å². The molecule has 1 saturated carbocycles. The molecule has 2 heterocycles. The van der Waals surface area contributed by atoms with Crippen LogP contribution in [-0.4, -0.2) is 45.4 Å². The van der Waals surface area contributed by atoms with Crippen LogP contribution in [0.5, 0.6) is 11.6 Å². The number of hydrogen-bond acceptors (Lipinski definition) is 5. The SMILES string of the molecule is [C-]#[N+]c1c(CC2C(CC(C)C)CC(C)CC2C(C)(C)C)c2nc(-c3cc(C)cc(NCOc4ccccc4)c3)[nH]n2c1OC(=O)N(CC=C)CC=C. The van der Waals surface area contributed by atoms with Gasteiger partial charge in [0.15, 0.2) is 12.6 Å². The highest BCUT2D eigenvalue weighted by atomic mass is 16.6. The Morgan fingerprint density at radius 2 is 1.87 bits per heavy atom. The van der Waals surface area contributed by atoms with Crippen molar-refractivity contribution in [2.24, 2.45) is 35.0 Å². The smallest absolute Gasteiger partial charge is 0.416 e. The van der Waals surface area contributed by atoms with Crippen LogP contribution in [-0.2, 0) is 6.42 Å². The maximum absolute atomic E-state index is 13.6. The minimum atomic E-state index is -0.580. The van der Waals surface area contributed by atoms with Gasteiger partial charge in [-0.05, 0) is 104 Å². The molecule has 0 saturated heterocycles. The number of ether oxygens (including phenoxy) is 2. The van der Waals surface area contributed by atoms with Crippen molar-refractivity contribution in [3.8, 4) is 23.0 Å².